The van der Waals surface area contributed by atoms with E-state index in [1.807, 2.05) is 12.1 Å². The van der Waals surface area contributed by atoms with Crippen LogP contribution in [0.3, 0.4) is 0 Å². The normalized spacial score (nSPS) is 12.4. The SMILES string of the molecule is CCCCOc1ccc(C(CC)NN)cc1. The summed E-state index contributed by atoms with van der Waals surface area (Å²) in [6.07, 6.45) is 3.24. The van der Waals surface area contributed by atoms with Crippen LogP contribution in [0, 0.1) is 0 Å². The van der Waals surface area contributed by atoms with E-state index < -0.39 is 0 Å². The molecule has 0 fully saturated rings. The Bertz CT molecular complexity index is 280. The van der Waals surface area contributed by atoms with Gasteiger partial charge in [-0.15, -0.1) is 0 Å². The van der Waals surface area contributed by atoms with Gasteiger partial charge in [0.2, 0.25) is 0 Å². The summed E-state index contributed by atoms with van der Waals surface area (Å²) in [5, 5.41) is 0. The molecule has 3 nitrogen and oxygen atoms in total. The molecule has 0 spiro atoms. The first-order valence-electron chi connectivity index (χ1n) is 6.00. The van der Waals surface area contributed by atoms with Gasteiger partial charge in [0, 0.05) is 6.04 Å². The van der Waals surface area contributed by atoms with Crippen LogP contribution in [0.15, 0.2) is 24.3 Å². The molecule has 3 heteroatoms. The smallest absolute Gasteiger partial charge is 0.119 e. The maximum absolute atomic E-state index is 5.60. The average Bonchev–Trinajstić information content (AvgIpc) is 2.33. The summed E-state index contributed by atoms with van der Waals surface area (Å²) in [5.41, 5.74) is 4.00. The number of hydrogen-bond donors (Lipinski definition) is 2. The molecular weight excluding hydrogens is 200 g/mol. The molecule has 1 aromatic rings. The van der Waals surface area contributed by atoms with E-state index in [-0.39, 0.29) is 6.04 Å². The van der Waals surface area contributed by atoms with Gasteiger partial charge in [-0.05, 0) is 30.5 Å². The second-order valence-electron chi connectivity index (χ2n) is 3.90. The molecule has 3 N–H and O–H groups in total. The Labute approximate surface area is 98.0 Å². The quantitative estimate of drug-likeness (QED) is 0.423. The highest BCUT2D eigenvalue weighted by molar-refractivity contribution is 5.29. The fraction of sp³-hybridized carbons (Fsp3) is 0.538. The van der Waals surface area contributed by atoms with E-state index in [2.05, 4.69) is 31.4 Å². The Balaban J connectivity index is 2.53. The van der Waals surface area contributed by atoms with Crippen molar-refractivity contribution in [3.05, 3.63) is 29.8 Å². The monoisotopic (exact) mass is 222 g/mol. The van der Waals surface area contributed by atoms with Crippen molar-refractivity contribution in [3.8, 4) is 5.75 Å². The standard InChI is InChI=1S/C13H22N2O/c1-3-5-10-16-12-8-6-11(7-9-12)13(4-2)15-14/h6-9,13,15H,3-5,10,14H2,1-2H3. The number of nitrogens with one attached hydrogen (secondary N) is 1. The van der Waals surface area contributed by atoms with E-state index in [4.69, 9.17) is 10.6 Å². The summed E-state index contributed by atoms with van der Waals surface area (Å²) in [7, 11) is 0. The fourth-order valence-electron chi connectivity index (χ4n) is 1.58. The van der Waals surface area contributed by atoms with Crippen molar-refractivity contribution >= 4 is 0 Å². The minimum absolute atomic E-state index is 0.227. The van der Waals surface area contributed by atoms with E-state index in [0.29, 0.717) is 0 Å². The summed E-state index contributed by atoms with van der Waals surface area (Å²) in [4.78, 5) is 0. The molecule has 0 aliphatic heterocycles. The van der Waals surface area contributed by atoms with Crippen molar-refractivity contribution in [3.63, 3.8) is 0 Å². The second kappa shape index (κ2) is 7.25. The van der Waals surface area contributed by atoms with Gasteiger partial charge in [0.25, 0.3) is 0 Å². The van der Waals surface area contributed by atoms with Crippen molar-refractivity contribution in [1.29, 1.82) is 0 Å². The van der Waals surface area contributed by atoms with Crippen LogP contribution in [-0.4, -0.2) is 6.61 Å². The number of hydrogen-bond acceptors (Lipinski definition) is 3. The van der Waals surface area contributed by atoms with Crippen LogP contribution in [0.5, 0.6) is 5.75 Å². The third-order valence-electron chi connectivity index (χ3n) is 2.66. The molecule has 90 valence electrons. The molecule has 1 rings (SSSR count). The number of rotatable bonds is 7. The van der Waals surface area contributed by atoms with Crippen molar-refractivity contribution < 1.29 is 4.74 Å². The Morgan fingerprint density at radius 2 is 1.94 bits per heavy atom. The van der Waals surface area contributed by atoms with E-state index in [9.17, 15) is 0 Å². The van der Waals surface area contributed by atoms with Crippen LogP contribution < -0.4 is 16.0 Å². The number of ether oxygens (including phenoxy) is 1. The van der Waals surface area contributed by atoms with Gasteiger partial charge in [-0.25, -0.2) is 0 Å². The van der Waals surface area contributed by atoms with E-state index in [0.717, 1.165) is 31.6 Å². The number of benzene rings is 1. The largest absolute Gasteiger partial charge is 0.494 e. The molecule has 1 atom stereocenters. The van der Waals surface area contributed by atoms with Crippen molar-refractivity contribution in [2.24, 2.45) is 5.84 Å². The van der Waals surface area contributed by atoms with Gasteiger partial charge in [-0.1, -0.05) is 32.4 Å². The maximum Gasteiger partial charge on any atom is 0.119 e. The van der Waals surface area contributed by atoms with Gasteiger partial charge in [-0.2, -0.15) is 0 Å². The summed E-state index contributed by atoms with van der Waals surface area (Å²) in [6.45, 7) is 5.06. The first kappa shape index (κ1) is 13.0. The Kier molecular flexibility index (Phi) is 5.90. The van der Waals surface area contributed by atoms with E-state index in [1.165, 1.54) is 5.56 Å². The summed E-state index contributed by atoms with van der Waals surface area (Å²) in [5.74, 6) is 6.40. The number of hydrazine groups is 1. The molecule has 1 unspecified atom stereocenters. The van der Waals surface area contributed by atoms with E-state index in [1.54, 1.807) is 0 Å². The number of unbranched alkanes of at least 4 members (excludes halogenated alkanes) is 1. The van der Waals surface area contributed by atoms with Crippen LogP contribution in [0.1, 0.15) is 44.7 Å². The predicted octanol–water partition coefficient (Wildman–Crippen LogP) is 2.78. The van der Waals surface area contributed by atoms with Crippen LogP contribution in [0.25, 0.3) is 0 Å². The van der Waals surface area contributed by atoms with Gasteiger partial charge in [0.1, 0.15) is 5.75 Å². The lowest BCUT2D eigenvalue weighted by Gasteiger charge is -2.14. The first-order valence-corrected chi connectivity index (χ1v) is 6.00. The van der Waals surface area contributed by atoms with Crippen molar-refractivity contribution in [2.75, 3.05) is 6.61 Å². The Hall–Kier alpha value is -1.06. The minimum Gasteiger partial charge on any atom is -0.494 e. The molecule has 0 saturated heterocycles. The zero-order valence-corrected chi connectivity index (χ0v) is 10.2. The van der Waals surface area contributed by atoms with Crippen LogP contribution >= 0.6 is 0 Å². The third-order valence-corrected chi connectivity index (χ3v) is 2.66. The lowest BCUT2D eigenvalue weighted by atomic mass is 10.1. The lowest BCUT2D eigenvalue weighted by molar-refractivity contribution is 0.309. The Morgan fingerprint density at radius 3 is 2.44 bits per heavy atom. The molecule has 0 heterocycles. The maximum atomic E-state index is 5.60. The van der Waals surface area contributed by atoms with Gasteiger partial charge < -0.3 is 4.74 Å². The Morgan fingerprint density at radius 1 is 1.25 bits per heavy atom. The molecular formula is C13H22N2O. The minimum atomic E-state index is 0.227. The number of nitrogens with two attached hydrogens (primary N) is 1. The molecule has 0 amide bonds. The molecule has 0 bridgehead atoms. The van der Waals surface area contributed by atoms with E-state index >= 15 is 0 Å². The van der Waals surface area contributed by atoms with Crippen molar-refractivity contribution in [1.82, 2.24) is 5.43 Å². The molecule has 0 saturated carbocycles. The van der Waals surface area contributed by atoms with Gasteiger partial charge in [0.15, 0.2) is 0 Å². The lowest BCUT2D eigenvalue weighted by Crippen LogP contribution is -2.27. The molecule has 0 aliphatic carbocycles. The van der Waals surface area contributed by atoms with Crippen LogP contribution in [0.4, 0.5) is 0 Å². The molecule has 0 aromatic heterocycles. The fourth-order valence-corrected chi connectivity index (χ4v) is 1.58. The van der Waals surface area contributed by atoms with Crippen LogP contribution in [-0.2, 0) is 0 Å². The molecule has 1 aromatic carbocycles. The van der Waals surface area contributed by atoms with Gasteiger partial charge in [0.05, 0.1) is 6.61 Å². The summed E-state index contributed by atoms with van der Waals surface area (Å²) in [6, 6.07) is 8.37. The molecule has 16 heavy (non-hydrogen) atoms. The van der Waals surface area contributed by atoms with Gasteiger partial charge >= 0.3 is 0 Å². The zero-order valence-electron chi connectivity index (χ0n) is 10.2. The van der Waals surface area contributed by atoms with Crippen LogP contribution in [0.2, 0.25) is 0 Å². The molecule has 0 aliphatic rings. The summed E-state index contributed by atoms with van der Waals surface area (Å²) >= 11 is 0. The molecule has 0 radical (unpaired) electrons. The van der Waals surface area contributed by atoms with Crippen molar-refractivity contribution in [2.45, 2.75) is 39.2 Å². The van der Waals surface area contributed by atoms with Gasteiger partial charge in [-0.3, -0.25) is 11.3 Å². The summed E-state index contributed by atoms with van der Waals surface area (Å²) < 4.78 is 5.60. The highest BCUT2D eigenvalue weighted by Crippen LogP contribution is 2.19. The highest BCUT2D eigenvalue weighted by atomic mass is 16.5. The topological polar surface area (TPSA) is 47.3 Å². The third kappa shape index (κ3) is 3.83. The second-order valence-corrected chi connectivity index (χ2v) is 3.90. The predicted molar refractivity (Wildman–Crippen MR) is 67.2 cm³/mol. The average molecular weight is 222 g/mol. The first-order chi connectivity index (χ1) is 7.81. The zero-order chi connectivity index (χ0) is 11.8. The highest BCUT2D eigenvalue weighted by Gasteiger charge is 2.06.